The van der Waals surface area contributed by atoms with Gasteiger partial charge in [0, 0.05) is 13.2 Å². The first kappa shape index (κ1) is 16.9. The summed E-state index contributed by atoms with van der Waals surface area (Å²) in [5.41, 5.74) is 0. The SMILES string of the molecule is C[C@H](CO)C[C@@H](C)CNC[C@H](C)C[C@H](C)CO. The zero-order valence-electron chi connectivity index (χ0n) is 11.9. The molecule has 4 atom stereocenters. The van der Waals surface area contributed by atoms with E-state index >= 15 is 0 Å². The molecule has 0 bridgehead atoms. The molecule has 0 fully saturated rings. The Bertz CT molecular complexity index is 158. The summed E-state index contributed by atoms with van der Waals surface area (Å²) in [6, 6.07) is 0. The predicted molar refractivity (Wildman–Crippen MR) is 72.9 cm³/mol. The summed E-state index contributed by atoms with van der Waals surface area (Å²) in [4.78, 5) is 0. The minimum absolute atomic E-state index is 0.286. The highest BCUT2D eigenvalue weighted by Crippen LogP contribution is 2.12. The molecular formula is C14H31NO2. The zero-order chi connectivity index (χ0) is 13.3. The third-order valence-corrected chi connectivity index (χ3v) is 3.22. The summed E-state index contributed by atoms with van der Waals surface area (Å²) in [6.45, 7) is 11.2. The van der Waals surface area contributed by atoms with Crippen molar-refractivity contribution in [3.8, 4) is 0 Å². The number of aliphatic hydroxyl groups excluding tert-OH is 2. The molecule has 0 aromatic carbocycles. The molecule has 17 heavy (non-hydrogen) atoms. The summed E-state index contributed by atoms with van der Waals surface area (Å²) >= 11 is 0. The van der Waals surface area contributed by atoms with Crippen molar-refractivity contribution in [2.45, 2.75) is 40.5 Å². The van der Waals surface area contributed by atoms with Crippen molar-refractivity contribution < 1.29 is 10.2 Å². The van der Waals surface area contributed by atoms with Gasteiger partial charge in [0.1, 0.15) is 0 Å². The lowest BCUT2D eigenvalue weighted by Crippen LogP contribution is -2.28. The van der Waals surface area contributed by atoms with Crippen molar-refractivity contribution in [2.24, 2.45) is 23.7 Å². The molecule has 0 radical (unpaired) electrons. The van der Waals surface area contributed by atoms with Gasteiger partial charge in [0.15, 0.2) is 0 Å². The molecule has 0 unspecified atom stereocenters. The van der Waals surface area contributed by atoms with E-state index in [0.29, 0.717) is 23.7 Å². The second-order valence-corrected chi connectivity index (χ2v) is 5.92. The van der Waals surface area contributed by atoms with Crippen LogP contribution in [0.15, 0.2) is 0 Å². The highest BCUT2D eigenvalue weighted by molar-refractivity contribution is 4.65. The molecule has 0 aromatic rings. The van der Waals surface area contributed by atoms with Crippen LogP contribution in [0.1, 0.15) is 40.5 Å². The quantitative estimate of drug-likeness (QED) is 0.551. The lowest BCUT2D eigenvalue weighted by molar-refractivity contribution is 0.208. The molecule has 0 saturated heterocycles. The van der Waals surface area contributed by atoms with E-state index in [9.17, 15) is 0 Å². The highest BCUT2D eigenvalue weighted by atomic mass is 16.3. The molecule has 0 aliphatic rings. The van der Waals surface area contributed by atoms with Crippen LogP contribution in [0.5, 0.6) is 0 Å². The maximum atomic E-state index is 8.98. The van der Waals surface area contributed by atoms with Crippen molar-refractivity contribution in [1.82, 2.24) is 5.32 Å². The Balaban J connectivity index is 3.55. The van der Waals surface area contributed by atoms with Crippen LogP contribution in [0.25, 0.3) is 0 Å². The Labute approximate surface area is 107 Å². The van der Waals surface area contributed by atoms with Gasteiger partial charge in [-0.3, -0.25) is 0 Å². The monoisotopic (exact) mass is 245 g/mol. The first-order valence-corrected chi connectivity index (χ1v) is 6.91. The Morgan fingerprint density at radius 1 is 0.706 bits per heavy atom. The number of aliphatic hydroxyl groups is 2. The summed E-state index contributed by atoms with van der Waals surface area (Å²) in [5, 5.41) is 21.4. The summed E-state index contributed by atoms with van der Waals surface area (Å²) < 4.78 is 0. The van der Waals surface area contributed by atoms with Gasteiger partial charge in [-0.1, -0.05) is 27.7 Å². The van der Waals surface area contributed by atoms with Gasteiger partial charge in [-0.2, -0.15) is 0 Å². The fourth-order valence-corrected chi connectivity index (χ4v) is 2.27. The van der Waals surface area contributed by atoms with Gasteiger partial charge in [0.2, 0.25) is 0 Å². The molecule has 0 amide bonds. The minimum Gasteiger partial charge on any atom is -0.396 e. The van der Waals surface area contributed by atoms with Crippen LogP contribution < -0.4 is 5.32 Å². The van der Waals surface area contributed by atoms with Gasteiger partial charge in [-0.05, 0) is 49.6 Å². The van der Waals surface area contributed by atoms with E-state index in [0.717, 1.165) is 25.9 Å². The van der Waals surface area contributed by atoms with E-state index in [1.54, 1.807) is 0 Å². The van der Waals surface area contributed by atoms with Crippen LogP contribution >= 0.6 is 0 Å². The predicted octanol–water partition coefficient (Wildman–Crippen LogP) is 1.89. The van der Waals surface area contributed by atoms with E-state index in [1.807, 2.05) is 0 Å². The van der Waals surface area contributed by atoms with Crippen LogP contribution in [-0.2, 0) is 0 Å². The molecule has 0 rings (SSSR count). The minimum atomic E-state index is 0.286. The van der Waals surface area contributed by atoms with Gasteiger partial charge < -0.3 is 15.5 Å². The number of hydrogen-bond acceptors (Lipinski definition) is 3. The average Bonchev–Trinajstić information content (AvgIpc) is 2.28. The number of rotatable bonds is 10. The van der Waals surface area contributed by atoms with Gasteiger partial charge in [-0.25, -0.2) is 0 Å². The van der Waals surface area contributed by atoms with Crippen molar-refractivity contribution in [3.05, 3.63) is 0 Å². The lowest BCUT2D eigenvalue weighted by atomic mass is 9.96. The third kappa shape index (κ3) is 9.57. The molecule has 0 spiro atoms. The Morgan fingerprint density at radius 3 is 1.35 bits per heavy atom. The maximum Gasteiger partial charge on any atom is 0.0456 e. The average molecular weight is 245 g/mol. The van der Waals surface area contributed by atoms with Crippen LogP contribution in [0.2, 0.25) is 0 Å². The number of hydrogen-bond donors (Lipinski definition) is 3. The normalized spacial score (nSPS) is 18.7. The summed E-state index contributed by atoms with van der Waals surface area (Å²) in [5.74, 6) is 2.02. The lowest BCUT2D eigenvalue weighted by Gasteiger charge is -2.19. The molecule has 104 valence electrons. The highest BCUT2D eigenvalue weighted by Gasteiger charge is 2.10. The van der Waals surface area contributed by atoms with Crippen molar-refractivity contribution in [3.63, 3.8) is 0 Å². The molecule has 3 heteroatoms. The van der Waals surface area contributed by atoms with Crippen LogP contribution in [0.4, 0.5) is 0 Å². The fourth-order valence-electron chi connectivity index (χ4n) is 2.27. The smallest absolute Gasteiger partial charge is 0.0456 e. The van der Waals surface area contributed by atoms with Crippen LogP contribution in [-0.4, -0.2) is 36.5 Å². The van der Waals surface area contributed by atoms with Crippen LogP contribution in [0.3, 0.4) is 0 Å². The second-order valence-electron chi connectivity index (χ2n) is 5.92. The second kappa shape index (κ2) is 9.86. The van der Waals surface area contributed by atoms with E-state index in [1.165, 1.54) is 0 Å². The molecule has 0 aliphatic carbocycles. The first-order chi connectivity index (χ1) is 7.99. The summed E-state index contributed by atoms with van der Waals surface area (Å²) in [7, 11) is 0. The Morgan fingerprint density at radius 2 is 1.06 bits per heavy atom. The third-order valence-electron chi connectivity index (χ3n) is 3.22. The van der Waals surface area contributed by atoms with Gasteiger partial charge in [-0.15, -0.1) is 0 Å². The molecule has 0 heterocycles. The van der Waals surface area contributed by atoms with Crippen LogP contribution in [0, 0.1) is 23.7 Å². The first-order valence-electron chi connectivity index (χ1n) is 6.91. The molecule has 3 nitrogen and oxygen atoms in total. The molecule has 0 aliphatic heterocycles. The standard InChI is InChI=1S/C14H31NO2/c1-11(5-13(3)9-16)7-15-8-12(2)6-14(4)10-17/h11-17H,5-10H2,1-4H3/t11-,12-,13+,14+/m1/s1. The maximum absolute atomic E-state index is 8.98. The molecule has 0 aromatic heterocycles. The van der Waals surface area contributed by atoms with Crippen molar-refractivity contribution >= 4 is 0 Å². The van der Waals surface area contributed by atoms with E-state index < -0.39 is 0 Å². The molecule has 3 N–H and O–H groups in total. The van der Waals surface area contributed by atoms with E-state index in [2.05, 4.69) is 33.0 Å². The summed E-state index contributed by atoms with van der Waals surface area (Å²) in [6.07, 6.45) is 2.15. The zero-order valence-corrected chi connectivity index (χ0v) is 11.9. The molecule has 0 saturated carbocycles. The topological polar surface area (TPSA) is 52.5 Å². The van der Waals surface area contributed by atoms with Crippen molar-refractivity contribution in [1.29, 1.82) is 0 Å². The van der Waals surface area contributed by atoms with E-state index in [4.69, 9.17) is 10.2 Å². The van der Waals surface area contributed by atoms with Crippen molar-refractivity contribution in [2.75, 3.05) is 26.3 Å². The van der Waals surface area contributed by atoms with E-state index in [-0.39, 0.29) is 13.2 Å². The van der Waals surface area contributed by atoms with Gasteiger partial charge >= 0.3 is 0 Å². The molecular weight excluding hydrogens is 214 g/mol. The Kier molecular flexibility index (Phi) is 9.79. The largest absolute Gasteiger partial charge is 0.396 e. The van der Waals surface area contributed by atoms with Gasteiger partial charge in [0.25, 0.3) is 0 Å². The van der Waals surface area contributed by atoms with Gasteiger partial charge in [0.05, 0.1) is 0 Å². The Hall–Kier alpha value is -0.120. The fraction of sp³-hybridized carbons (Fsp3) is 1.00. The number of nitrogens with one attached hydrogen (secondary N) is 1.